The van der Waals surface area contributed by atoms with E-state index in [4.69, 9.17) is 4.74 Å². The van der Waals surface area contributed by atoms with Crippen molar-refractivity contribution in [3.8, 4) is 17.0 Å². The smallest absolute Gasteiger partial charge is 0.269 e. The first kappa shape index (κ1) is 18.4. The minimum Gasteiger partial charge on any atom is -0.507 e. The zero-order chi connectivity index (χ0) is 18.2. The Hall–Kier alpha value is -2.38. The Morgan fingerprint density at radius 1 is 1.23 bits per heavy atom. The molecule has 140 valence electrons. The van der Waals surface area contributed by atoms with Crippen LogP contribution in [0.1, 0.15) is 29.8 Å². The van der Waals surface area contributed by atoms with E-state index in [0.29, 0.717) is 23.5 Å². The minimum atomic E-state index is -0.174. The normalized spacial score (nSPS) is 15.1. The van der Waals surface area contributed by atoms with E-state index in [2.05, 4.69) is 20.4 Å². The third kappa shape index (κ3) is 5.06. The zero-order valence-electron chi connectivity index (χ0n) is 14.9. The molecule has 0 bridgehead atoms. The van der Waals surface area contributed by atoms with Crippen molar-refractivity contribution in [1.29, 1.82) is 0 Å². The topological polar surface area (TPSA) is 90.5 Å². The summed E-state index contributed by atoms with van der Waals surface area (Å²) in [5.74, 6) is -0.0291. The highest BCUT2D eigenvalue weighted by Gasteiger charge is 2.13. The average Bonchev–Trinajstić information content (AvgIpc) is 3.15. The van der Waals surface area contributed by atoms with E-state index in [1.807, 2.05) is 6.07 Å². The number of nitrogens with zero attached hydrogens (tertiary/aromatic N) is 2. The molecule has 2 heterocycles. The number of hydrogen-bond acceptors (Lipinski definition) is 5. The van der Waals surface area contributed by atoms with E-state index < -0.39 is 0 Å². The monoisotopic (exact) mass is 358 g/mol. The molecule has 0 spiro atoms. The lowest BCUT2D eigenvalue weighted by molar-refractivity contribution is 0.0371. The highest BCUT2D eigenvalue weighted by molar-refractivity contribution is 5.93. The number of nitrogens with one attached hydrogen (secondary N) is 2. The van der Waals surface area contributed by atoms with Gasteiger partial charge in [-0.15, -0.1) is 0 Å². The SMILES string of the molecule is O=C(NCCCCCN1CCOCC1)c1cc(-c2ccccc2O)n[nH]1. The van der Waals surface area contributed by atoms with Gasteiger partial charge in [-0.05, 0) is 37.6 Å². The van der Waals surface area contributed by atoms with Crippen LogP contribution in [0, 0.1) is 0 Å². The van der Waals surface area contributed by atoms with Gasteiger partial charge in [0.05, 0.1) is 18.9 Å². The molecule has 1 amide bonds. The highest BCUT2D eigenvalue weighted by atomic mass is 16.5. The second kappa shape index (κ2) is 9.35. The second-order valence-electron chi connectivity index (χ2n) is 6.45. The standard InChI is InChI=1S/C19H26N4O3/c24-18-7-3-2-6-15(18)16-14-17(22-21-16)19(25)20-8-4-1-5-9-23-10-12-26-13-11-23/h2-3,6-7,14,24H,1,4-5,8-13H2,(H,20,25)(H,21,22). The molecule has 1 aromatic carbocycles. The number of phenolic OH excluding ortho intramolecular Hbond substituents is 1. The lowest BCUT2D eigenvalue weighted by atomic mass is 10.1. The number of aromatic hydroxyl groups is 1. The molecule has 2 aromatic rings. The van der Waals surface area contributed by atoms with E-state index >= 15 is 0 Å². The van der Waals surface area contributed by atoms with Crippen molar-refractivity contribution in [3.05, 3.63) is 36.0 Å². The Kier molecular flexibility index (Phi) is 6.62. The van der Waals surface area contributed by atoms with Gasteiger partial charge in [0.15, 0.2) is 0 Å². The molecule has 26 heavy (non-hydrogen) atoms. The number of morpholine rings is 1. The Balaban J connectivity index is 1.37. The number of rotatable bonds is 8. The number of hydrogen-bond donors (Lipinski definition) is 3. The Morgan fingerprint density at radius 2 is 2.04 bits per heavy atom. The van der Waals surface area contributed by atoms with Gasteiger partial charge >= 0.3 is 0 Å². The molecule has 1 fully saturated rings. The Labute approximate surface area is 153 Å². The fourth-order valence-corrected chi connectivity index (χ4v) is 3.03. The van der Waals surface area contributed by atoms with Gasteiger partial charge in [0.2, 0.25) is 0 Å². The minimum absolute atomic E-state index is 0.145. The maximum atomic E-state index is 12.2. The fraction of sp³-hybridized carbons (Fsp3) is 0.474. The first-order valence-corrected chi connectivity index (χ1v) is 9.16. The van der Waals surface area contributed by atoms with E-state index in [0.717, 1.165) is 52.1 Å². The van der Waals surface area contributed by atoms with Crippen molar-refractivity contribution < 1.29 is 14.6 Å². The number of phenols is 1. The molecule has 1 aliphatic heterocycles. The number of carbonyl (C=O) groups is 1. The maximum Gasteiger partial charge on any atom is 0.269 e. The van der Waals surface area contributed by atoms with Gasteiger partial charge in [0.25, 0.3) is 5.91 Å². The van der Waals surface area contributed by atoms with Crippen molar-refractivity contribution in [3.63, 3.8) is 0 Å². The summed E-state index contributed by atoms with van der Waals surface area (Å²) in [6, 6.07) is 8.59. The molecule has 0 saturated carbocycles. The first-order chi connectivity index (χ1) is 12.7. The lowest BCUT2D eigenvalue weighted by Gasteiger charge is -2.26. The number of H-pyrrole nitrogens is 1. The largest absolute Gasteiger partial charge is 0.507 e. The van der Waals surface area contributed by atoms with Crippen LogP contribution in [0.4, 0.5) is 0 Å². The van der Waals surface area contributed by atoms with E-state index in [1.54, 1.807) is 24.3 Å². The molecule has 1 aromatic heterocycles. The van der Waals surface area contributed by atoms with Gasteiger partial charge in [-0.3, -0.25) is 14.8 Å². The molecule has 7 nitrogen and oxygen atoms in total. The van der Waals surface area contributed by atoms with Gasteiger partial charge < -0.3 is 15.2 Å². The summed E-state index contributed by atoms with van der Waals surface area (Å²) >= 11 is 0. The third-order valence-electron chi connectivity index (χ3n) is 4.54. The molecule has 3 rings (SSSR count). The van der Waals surface area contributed by atoms with Crippen molar-refractivity contribution in [2.45, 2.75) is 19.3 Å². The molecule has 7 heteroatoms. The number of aromatic nitrogens is 2. The predicted molar refractivity (Wildman–Crippen MR) is 99.1 cm³/mol. The van der Waals surface area contributed by atoms with Crippen molar-refractivity contribution in [2.75, 3.05) is 39.4 Å². The molecule has 0 radical (unpaired) electrons. The second-order valence-corrected chi connectivity index (χ2v) is 6.45. The van der Waals surface area contributed by atoms with Crippen LogP contribution < -0.4 is 5.32 Å². The molecule has 0 atom stereocenters. The van der Waals surface area contributed by atoms with Crippen molar-refractivity contribution >= 4 is 5.91 Å². The van der Waals surface area contributed by atoms with Gasteiger partial charge in [-0.2, -0.15) is 5.10 Å². The summed E-state index contributed by atoms with van der Waals surface area (Å²) in [7, 11) is 0. The third-order valence-corrected chi connectivity index (χ3v) is 4.54. The van der Waals surface area contributed by atoms with Crippen LogP contribution in [0.5, 0.6) is 5.75 Å². The molecule has 3 N–H and O–H groups in total. The quantitative estimate of drug-likeness (QED) is 0.628. The Bertz CT molecular complexity index is 710. The molecular formula is C19H26N4O3. The number of aromatic amines is 1. The molecule has 0 aliphatic carbocycles. The summed E-state index contributed by atoms with van der Waals surface area (Å²) in [5.41, 5.74) is 1.56. The summed E-state index contributed by atoms with van der Waals surface area (Å²) in [6.07, 6.45) is 3.18. The van der Waals surface area contributed by atoms with E-state index in [9.17, 15) is 9.90 Å². The van der Waals surface area contributed by atoms with Crippen LogP contribution in [0.3, 0.4) is 0 Å². The fourth-order valence-electron chi connectivity index (χ4n) is 3.03. The summed E-state index contributed by atoms with van der Waals surface area (Å²) in [5, 5.41) is 19.6. The summed E-state index contributed by atoms with van der Waals surface area (Å²) in [6.45, 7) is 5.46. The van der Waals surface area contributed by atoms with Crippen LogP contribution in [0.15, 0.2) is 30.3 Å². The van der Waals surface area contributed by atoms with Gasteiger partial charge in [-0.25, -0.2) is 0 Å². The molecule has 1 aliphatic rings. The lowest BCUT2D eigenvalue weighted by Crippen LogP contribution is -2.36. The average molecular weight is 358 g/mol. The predicted octanol–water partition coefficient (Wildman–Crippen LogP) is 2.01. The summed E-state index contributed by atoms with van der Waals surface area (Å²) in [4.78, 5) is 14.6. The number of unbranched alkanes of at least 4 members (excludes halogenated alkanes) is 2. The van der Waals surface area contributed by atoms with Gasteiger partial charge in [0, 0.05) is 25.2 Å². The van der Waals surface area contributed by atoms with Crippen LogP contribution >= 0.6 is 0 Å². The van der Waals surface area contributed by atoms with Crippen LogP contribution in [-0.4, -0.2) is 65.5 Å². The van der Waals surface area contributed by atoms with Gasteiger partial charge in [0.1, 0.15) is 11.4 Å². The van der Waals surface area contributed by atoms with Crippen molar-refractivity contribution in [1.82, 2.24) is 20.4 Å². The van der Waals surface area contributed by atoms with Crippen LogP contribution in [-0.2, 0) is 4.74 Å². The van der Waals surface area contributed by atoms with E-state index in [-0.39, 0.29) is 11.7 Å². The zero-order valence-corrected chi connectivity index (χ0v) is 14.9. The van der Waals surface area contributed by atoms with Crippen LogP contribution in [0.2, 0.25) is 0 Å². The van der Waals surface area contributed by atoms with Crippen LogP contribution in [0.25, 0.3) is 11.3 Å². The van der Waals surface area contributed by atoms with Crippen molar-refractivity contribution in [2.24, 2.45) is 0 Å². The number of amides is 1. The number of carbonyl (C=O) groups excluding carboxylic acids is 1. The molecule has 1 saturated heterocycles. The summed E-state index contributed by atoms with van der Waals surface area (Å²) < 4.78 is 5.34. The molecular weight excluding hydrogens is 332 g/mol. The molecule has 0 unspecified atom stereocenters. The maximum absolute atomic E-state index is 12.2. The van der Waals surface area contributed by atoms with Gasteiger partial charge in [-0.1, -0.05) is 18.6 Å². The number of ether oxygens (including phenoxy) is 1. The highest BCUT2D eigenvalue weighted by Crippen LogP contribution is 2.27. The van der Waals surface area contributed by atoms with E-state index in [1.165, 1.54) is 0 Å². The number of benzene rings is 1. The Morgan fingerprint density at radius 3 is 2.85 bits per heavy atom. The first-order valence-electron chi connectivity index (χ1n) is 9.16. The number of para-hydroxylation sites is 1.